The zero-order valence-electron chi connectivity index (χ0n) is 14.5. The zero-order chi connectivity index (χ0) is 18.3. The van der Waals surface area contributed by atoms with E-state index in [4.69, 9.17) is 14.6 Å². The molecule has 5 nitrogen and oxygen atoms in total. The van der Waals surface area contributed by atoms with Crippen LogP contribution in [0.2, 0.25) is 0 Å². The Kier molecular flexibility index (Phi) is 4.04. The second-order valence-corrected chi connectivity index (χ2v) is 6.87. The van der Waals surface area contributed by atoms with Crippen LogP contribution in [0.3, 0.4) is 0 Å². The molecular formula is C21H19NO4. The number of hydrogen-bond acceptors (Lipinski definition) is 4. The lowest BCUT2D eigenvalue weighted by molar-refractivity contribution is -0.137. The molecule has 26 heavy (non-hydrogen) atoms. The summed E-state index contributed by atoms with van der Waals surface area (Å²) in [5, 5.41) is 18.2. The molecule has 132 valence electrons. The highest BCUT2D eigenvalue weighted by Crippen LogP contribution is 2.41. The maximum atomic E-state index is 11.0. The highest BCUT2D eigenvalue weighted by atomic mass is 16.5. The maximum absolute atomic E-state index is 11.0. The van der Waals surface area contributed by atoms with Crippen molar-refractivity contribution in [3.05, 3.63) is 58.1 Å². The van der Waals surface area contributed by atoms with Gasteiger partial charge in [-0.25, -0.2) is 0 Å². The van der Waals surface area contributed by atoms with E-state index < -0.39 is 5.97 Å². The van der Waals surface area contributed by atoms with Gasteiger partial charge in [-0.1, -0.05) is 12.1 Å². The van der Waals surface area contributed by atoms with Crippen LogP contribution in [0.15, 0.2) is 30.3 Å². The molecule has 5 heteroatoms. The van der Waals surface area contributed by atoms with Crippen LogP contribution in [-0.2, 0) is 11.2 Å². The number of benzene rings is 2. The molecule has 0 unspecified atom stereocenters. The Morgan fingerprint density at radius 3 is 2.92 bits per heavy atom. The molecule has 0 saturated heterocycles. The van der Waals surface area contributed by atoms with Crippen LogP contribution in [0, 0.1) is 18.3 Å². The van der Waals surface area contributed by atoms with Gasteiger partial charge < -0.3 is 14.6 Å². The van der Waals surface area contributed by atoms with Crippen LogP contribution < -0.4 is 9.47 Å². The first kappa shape index (κ1) is 16.5. The maximum Gasteiger partial charge on any atom is 0.304 e. The number of fused-ring (bicyclic) bond motifs is 2. The van der Waals surface area contributed by atoms with Crippen molar-refractivity contribution in [1.82, 2.24) is 0 Å². The molecule has 2 aromatic rings. The first-order chi connectivity index (χ1) is 12.6. The van der Waals surface area contributed by atoms with E-state index in [2.05, 4.69) is 6.07 Å². The normalized spacial score (nSPS) is 20.0. The summed E-state index contributed by atoms with van der Waals surface area (Å²) in [7, 11) is 0. The Morgan fingerprint density at radius 1 is 1.35 bits per heavy atom. The molecule has 2 aromatic carbocycles. The molecule has 2 aliphatic rings. The van der Waals surface area contributed by atoms with E-state index in [0.717, 1.165) is 40.8 Å². The van der Waals surface area contributed by atoms with Crippen LogP contribution in [0.25, 0.3) is 0 Å². The van der Waals surface area contributed by atoms with Crippen molar-refractivity contribution in [2.24, 2.45) is 0 Å². The summed E-state index contributed by atoms with van der Waals surface area (Å²) in [6.45, 7) is 2.39. The third-order valence-electron chi connectivity index (χ3n) is 5.32. The molecule has 0 spiro atoms. The van der Waals surface area contributed by atoms with Crippen LogP contribution in [0.5, 0.6) is 11.5 Å². The van der Waals surface area contributed by atoms with E-state index in [0.29, 0.717) is 12.4 Å². The van der Waals surface area contributed by atoms with Crippen molar-refractivity contribution in [2.75, 3.05) is 6.61 Å². The van der Waals surface area contributed by atoms with Crippen LogP contribution >= 0.6 is 0 Å². The first-order valence-electron chi connectivity index (χ1n) is 8.74. The average Bonchev–Trinajstić information content (AvgIpc) is 3.20. The third kappa shape index (κ3) is 2.78. The van der Waals surface area contributed by atoms with Gasteiger partial charge in [0.15, 0.2) is 0 Å². The first-order valence-corrected chi connectivity index (χ1v) is 8.74. The van der Waals surface area contributed by atoms with Gasteiger partial charge >= 0.3 is 5.97 Å². The molecule has 0 radical (unpaired) electrons. The Bertz CT molecular complexity index is 928. The van der Waals surface area contributed by atoms with Gasteiger partial charge in [0.2, 0.25) is 0 Å². The topological polar surface area (TPSA) is 79.5 Å². The van der Waals surface area contributed by atoms with Gasteiger partial charge in [-0.2, -0.15) is 5.26 Å². The lowest BCUT2D eigenvalue weighted by Crippen LogP contribution is -2.07. The second-order valence-electron chi connectivity index (χ2n) is 6.87. The molecule has 0 aromatic heterocycles. The molecule has 1 aliphatic heterocycles. The number of nitriles is 1. The number of rotatable bonds is 4. The van der Waals surface area contributed by atoms with Crippen LogP contribution in [-0.4, -0.2) is 17.7 Å². The van der Waals surface area contributed by atoms with E-state index in [1.807, 2.05) is 37.3 Å². The summed E-state index contributed by atoms with van der Waals surface area (Å²) >= 11 is 0. The lowest BCUT2D eigenvalue weighted by atomic mass is 9.98. The zero-order valence-corrected chi connectivity index (χ0v) is 14.5. The lowest BCUT2D eigenvalue weighted by Gasteiger charge is -2.16. The molecule has 0 amide bonds. The van der Waals surface area contributed by atoms with Crippen molar-refractivity contribution in [1.29, 1.82) is 5.26 Å². The molecule has 4 rings (SSSR count). The Labute approximate surface area is 151 Å². The van der Waals surface area contributed by atoms with Crippen molar-refractivity contribution >= 4 is 5.97 Å². The van der Waals surface area contributed by atoms with Gasteiger partial charge in [-0.3, -0.25) is 4.79 Å². The fraction of sp³-hybridized carbons (Fsp3) is 0.333. The van der Waals surface area contributed by atoms with E-state index >= 15 is 0 Å². The number of nitrogens with zero attached hydrogens (tertiary/aromatic N) is 1. The van der Waals surface area contributed by atoms with E-state index in [1.165, 1.54) is 5.56 Å². The smallest absolute Gasteiger partial charge is 0.304 e. The second kappa shape index (κ2) is 6.38. The number of carboxylic acids is 1. The van der Waals surface area contributed by atoms with E-state index in [1.54, 1.807) is 0 Å². The third-order valence-corrected chi connectivity index (χ3v) is 5.32. The van der Waals surface area contributed by atoms with Gasteiger partial charge in [-0.05, 0) is 48.6 Å². The number of ether oxygens (including phenoxy) is 2. The Morgan fingerprint density at radius 2 is 2.15 bits per heavy atom. The minimum absolute atomic E-state index is 0.0364. The number of carbonyl (C=O) groups is 1. The van der Waals surface area contributed by atoms with Crippen molar-refractivity contribution < 1.29 is 19.4 Å². The number of hydrogen-bond donors (Lipinski definition) is 1. The van der Waals surface area contributed by atoms with Gasteiger partial charge in [-0.15, -0.1) is 0 Å². The monoisotopic (exact) mass is 349 g/mol. The largest absolute Gasteiger partial charge is 0.492 e. The van der Waals surface area contributed by atoms with Crippen molar-refractivity contribution in [3.8, 4) is 17.6 Å². The predicted octanol–water partition coefficient (Wildman–Crippen LogP) is 3.88. The van der Waals surface area contributed by atoms with Gasteiger partial charge in [0.1, 0.15) is 17.6 Å². The summed E-state index contributed by atoms with van der Waals surface area (Å²) in [6, 6.07) is 11.7. The minimum atomic E-state index is -0.818. The van der Waals surface area contributed by atoms with Gasteiger partial charge in [0.25, 0.3) is 0 Å². The van der Waals surface area contributed by atoms with E-state index in [-0.39, 0.29) is 18.4 Å². The number of carboxylic acid groups (broad SMARTS) is 1. The summed E-state index contributed by atoms with van der Waals surface area (Å²) in [5.41, 5.74) is 5.06. The summed E-state index contributed by atoms with van der Waals surface area (Å²) in [5.74, 6) is 0.514. The van der Waals surface area contributed by atoms with Crippen LogP contribution in [0.4, 0.5) is 0 Å². The Hall–Kier alpha value is -3.00. The highest BCUT2D eigenvalue weighted by molar-refractivity contribution is 5.68. The van der Waals surface area contributed by atoms with Crippen LogP contribution in [0.1, 0.15) is 52.7 Å². The van der Waals surface area contributed by atoms with Gasteiger partial charge in [0.05, 0.1) is 24.7 Å². The van der Waals surface area contributed by atoms with Crippen molar-refractivity contribution in [3.63, 3.8) is 0 Å². The average molecular weight is 349 g/mol. The molecule has 1 heterocycles. The molecule has 0 fully saturated rings. The SMILES string of the molecule is Cc1c(C#N)ccc2c1CC[C@H]2Oc1ccc2c(c1)OC[C@H]2CC(=O)O. The molecule has 0 saturated carbocycles. The molecular weight excluding hydrogens is 330 g/mol. The fourth-order valence-electron chi connectivity index (χ4n) is 3.96. The van der Waals surface area contributed by atoms with E-state index in [9.17, 15) is 10.1 Å². The van der Waals surface area contributed by atoms with Gasteiger partial charge in [0, 0.05) is 17.5 Å². The predicted molar refractivity (Wildman–Crippen MR) is 94.5 cm³/mol. The highest BCUT2D eigenvalue weighted by Gasteiger charge is 2.29. The molecule has 1 N–H and O–H groups in total. The summed E-state index contributed by atoms with van der Waals surface area (Å²) in [6.07, 6.45) is 1.82. The Balaban J connectivity index is 1.55. The standard InChI is InChI=1S/C21H19NO4/c1-12-13(10-22)2-4-18-16(12)6-7-19(18)26-15-3-5-17-14(8-21(23)24)11-25-20(17)9-15/h2-5,9,14,19H,6-8,11H2,1H3,(H,23,24)/t14-,19-/m1/s1. The molecule has 2 atom stereocenters. The number of aliphatic carboxylic acids is 1. The minimum Gasteiger partial charge on any atom is -0.492 e. The van der Waals surface area contributed by atoms with Crippen molar-refractivity contribution in [2.45, 2.75) is 38.2 Å². The molecule has 1 aliphatic carbocycles. The quantitative estimate of drug-likeness (QED) is 0.906. The molecule has 0 bridgehead atoms. The summed E-state index contributed by atoms with van der Waals surface area (Å²) < 4.78 is 11.8. The summed E-state index contributed by atoms with van der Waals surface area (Å²) in [4.78, 5) is 11.0. The fourth-order valence-corrected chi connectivity index (χ4v) is 3.96.